The van der Waals surface area contributed by atoms with Gasteiger partial charge in [-0.05, 0) is 38.3 Å². The molecule has 0 radical (unpaired) electrons. The monoisotopic (exact) mass is 390 g/mol. The fourth-order valence-corrected chi connectivity index (χ4v) is 3.98. The average Bonchev–Trinajstić information content (AvgIpc) is 2.65. The molecule has 1 fully saturated rings. The van der Waals surface area contributed by atoms with Crippen LogP contribution in [0, 0.1) is 0 Å². The van der Waals surface area contributed by atoms with Crippen molar-refractivity contribution < 1.29 is 24.1 Å². The summed E-state index contributed by atoms with van der Waals surface area (Å²) in [6.07, 6.45) is 1.80. The zero-order chi connectivity index (χ0) is 19.3. The summed E-state index contributed by atoms with van der Waals surface area (Å²) in [7, 11) is 1.45. The first kappa shape index (κ1) is 17.9. The van der Waals surface area contributed by atoms with Gasteiger partial charge in [-0.1, -0.05) is 17.7 Å². The molecule has 7 heteroatoms. The van der Waals surface area contributed by atoms with Gasteiger partial charge in [0.05, 0.1) is 24.9 Å². The van der Waals surface area contributed by atoms with Crippen molar-refractivity contribution in [2.24, 2.45) is 0 Å². The van der Waals surface area contributed by atoms with Crippen molar-refractivity contribution in [1.82, 2.24) is 0 Å². The molecule has 0 spiro atoms. The average molecular weight is 391 g/mol. The highest BCUT2D eigenvalue weighted by molar-refractivity contribution is 6.37. The van der Waals surface area contributed by atoms with Crippen LogP contribution < -0.4 is 10.2 Å². The van der Waals surface area contributed by atoms with E-state index in [9.17, 15) is 15.0 Å². The molecule has 2 heterocycles. The van der Waals surface area contributed by atoms with Crippen LogP contribution >= 0.6 is 11.6 Å². The fraction of sp³-hybridized carbons (Fsp3) is 0.350. The van der Waals surface area contributed by atoms with Crippen LogP contribution in [0.1, 0.15) is 37.9 Å². The van der Waals surface area contributed by atoms with Gasteiger partial charge in [0, 0.05) is 0 Å². The largest absolute Gasteiger partial charge is 0.506 e. The predicted octanol–water partition coefficient (Wildman–Crippen LogP) is 4.65. The van der Waals surface area contributed by atoms with Gasteiger partial charge >= 0.3 is 0 Å². The Hall–Kier alpha value is -2.44. The van der Waals surface area contributed by atoms with Gasteiger partial charge in [-0.2, -0.15) is 0 Å². The van der Waals surface area contributed by atoms with E-state index in [0.717, 1.165) is 12.8 Å². The molecule has 1 aliphatic heterocycles. The number of phenolic OH excluding ortho intramolecular Hbond substituents is 2. The lowest BCUT2D eigenvalue weighted by molar-refractivity contribution is -0.0431. The molecule has 0 bridgehead atoms. The van der Waals surface area contributed by atoms with Gasteiger partial charge in [-0.15, -0.1) is 0 Å². The first-order chi connectivity index (χ1) is 12.9. The molecule has 27 heavy (non-hydrogen) atoms. The van der Waals surface area contributed by atoms with E-state index in [-0.39, 0.29) is 50.1 Å². The molecule has 2 atom stereocenters. The summed E-state index contributed by atoms with van der Waals surface area (Å²) >= 11 is 6.32. The summed E-state index contributed by atoms with van der Waals surface area (Å²) in [5.41, 5.74) is -0.165. The minimum absolute atomic E-state index is 0.0230. The molecule has 2 aromatic carbocycles. The first-order valence-electron chi connectivity index (χ1n) is 8.76. The lowest BCUT2D eigenvalue weighted by Gasteiger charge is -2.29. The smallest absolute Gasteiger partial charge is 0.208 e. The molecule has 0 amide bonds. The quantitative estimate of drug-likeness (QED) is 0.619. The maximum Gasteiger partial charge on any atom is 0.208 e. The van der Waals surface area contributed by atoms with E-state index in [1.165, 1.54) is 7.11 Å². The Morgan fingerprint density at radius 2 is 1.96 bits per heavy atom. The van der Waals surface area contributed by atoms with Gasteiger partial charge in [0.2, 0.25) is 5.43 Å². The van der Waals surface area contributed by atoms with Crippen molar-refractivity contribution >= 4 is 33.5 Å². The van der Waals surface area contributed by atoms with Crippen molar-refractivity contribution in [3.63, 3.8) is 0 Å². The zero-order valence-corrected chi connectivity index (χ0v) is 15.7. The number of benzene rings is 2. The second kappa shape index (κ2) is 6.62. The second-order valence-electron chi connectivity index (χ2n) is 6.76. The van der Waals surface area contributed by atoms with Crippen LogP contribution in [0.4, 0.5) is 0 Å². The lowest BCUT2D eigenvalue weighted by Crippen LogP contribution is -2.20. The maximum absolute atomic E-state index is 13.2. The molecule has 2 N–H and O–H groups in total. The molecule has 6 nitrogen and oxygen atoms in total. The third-order valence-electron chi connectivity index (χ3n) is 5.05. The number of methoxy groups -OCH3 is 1. The highest BCUT2D eigenvalue weighted by Crippen LogP contribution is 2.48. The molecule has 0 aliphatic carbocycles. The molecule has 3 aromatic rings. The first-order valence-corrected chi connectivity index (χ1v) is 9.14. The maximum atomic E-state index is 13.2. The van der Waals surface area contributed by atoms with Gasteiger partial charge < -0.3 is 24.1 Å². The highest BCUT2D eigenvalue weighted by Gasteiger charge is 2.31. The normalized spacial score (nSPS) is 20.3. The molecule has 1 saturated heterocycles. The van der Waals surface area contributed by atoms with E-state index in [1.807, 2.05) is 6.92 Å². The van der Waals surface area contributed by atoms with Crippen LogP contribution in [0.15, 0.2) is 27.4 Å². The lowest BCUT2D eigenvalue weighted by atomic mass is 9.95. The van der Waals surface area contributed by atoms with Gasteiger partial charge in [-0.3, -0.25) is 4.79 Å². The summed E-state index contributed by atoms with van der Waals surface area (Å²) in [4.78, 5) is 13.2. The van der Waals surface area contributed by atoms with Crippen LogP contribution in [0.25, 0.3) is 21.9 Å². The second-order valence-corrected chi connectivity index (χ2v) is 7.14. The minimum atomic E-state index is -0.552. The van der Waals surface area contributed by atoms with Crippen LogP contribution in [0.2, 0.25) is 5.02 Å². The molecule has 4 rings (SSSR count). The zero-order valence-electron chi connectivity index (χ0n) is 14.9. The molecule has 1 aromatic heterocycles. The number of rotatable bonds is 2. The Bertz CT molecular complexity index is 1100. The van der Waals surface area contributed by atoms with Gasteiger partial charge in [0.1, 0.15) is 38.6 Å². The topological polar surface area (TPSA) is 89.1 Å². The Balaban J connectivity index is 2.09. The highest BCUT2D eigenvalue weighted by atomic mass is 35.5. The number of hydrogen-bond donors (Lipinski definition) is 2. The molecule has 2 unspecified atom stereocenters. The molecule has 0 saturated carbocycles. The number of phenols is 2. The van der Waals surface area contributed by atoms with Crippen molar-refractivity contribution in [1.29, 1.82) is 0 Å². The molecular formula is C20H19ClO6. The van der Waals surface area contributed by atoms with Crippen LogP contribution in [0.3, 0.4) is 0 Å². The Morgan fingerprint density at radius 1 is 1.19 bits per heavy atom. The Labute approximate surface area is 159 Å². The number of ether oxygens (including phenoxy) is 2. The number of halogens is 1. The summed E-state index contributed by atoms with van der Waals surface area (Å²) in [6.45, 7) is 1.93. The number of fused-ring (bicyclic) bond motifs is 2. The predicted molar refractivity (Wildman–Crippen MR) is 102 cm³/mol. The van der Waals surface area contributed by atoms with E-state index >= 15 is 0 Å². The van der Waals surface area contributed by atoms with Gasteiger partial charge in [-0.25, -0.2) is 0 Å². The number of aromatic hydroxyl groups is 2. The van der Waals surface area contributed by atoms with E-state index in [2.05, 4.69) is 0 Å². The van der Waals surface area contributed by atoms with Gasteiger partial charge in [0.25, 0.3) is 0 Å². The van der Waals surface area contributed by atoms with Crippen molar-refractivity contribution in [2.45, 2.75) is 38.4 Å². The van der Waals surface area contributed by atoms with Crippen molar-refractivity contribution in [2.75, 3.05) is 7.11 Å². The SMILES string of the molecule is COc1cccc2oc3c(Cl)c(O)c(C4CCCC(C)O4)c(O)c3c(=O)c12. The van der Waals surface area contributed by atoms with E-state index in [1.54, 1.807) is 18.2 Å². The van der Waals surface area contributed by atoms with Crippen LogP contribution in [-0.4, -0.2) is 23.4 Å². The van der Waals surface area contributed by atoms with Crippen LogP contribution in [0.5, 0.6) is 17.2 Å². The summed E-state index contributed by atoms with van der Waals surface area (Å²) in [5.74, 6) is -0.366. The third-order valence-corrected chi connectivity index (χ3v) is 5.40. The summed E-state index contributed by atoms with van der Waals surface area (Å²) in [6, 6.07) is 4.91. The molecular weight excluding hydrogens is 372 g/mol. The Kier molecular flexibility index (Phi) is 4.40. The van der Waals surface area contributed by atoms with E-state index in [4.69, 9.17) is 25.5 Å². The van der Waals surface area contributed by atoms with Crippen molar-refractivity contribution in [3.05, 3.63) is 39.0 Å². The Morgan fingerprint density at radius 3 is 2.67 bits per heavy atom. The third kappa shape index (κ3) is 2.71. The van der Waals surface area contributed by atoms with Crippen LogP contribution in [-0.2, 0) is 4.74 Å². The number of hydrogen-bond acceptors (Lipinski definition) is 6. The molecule has 142 valence electrons. The molecule has 1 aliphatic rings. The van der Waals surface area contributed by atoms with E-state index < -0.39 is 11.5 Å². The van der Waals surface area contributed by atoms with Gasteiger partial charge in [0.15, 0.2) is 5.58 Å². The summed E-state index contributed by atoms with van der Waals surface area (Å²) < 4.78 is 16.9. The fourth-order valence-electron chi connectivity index (χ4n) is 3.75. The summed E-state index contributed by atoms with van der Waals surface area (Å²) in [5, 5.41) is 21.5. The minimum Gasteiger partial charge on any atom is -0.506 e. The van der Waals surface area contributed by atoms with Crippen molar-refractivity contribution in [3.8, 4) is 17.2 Å². The standard InChI is InChI=1S/C20H19ClO6/c1-9-5-3-7-12(26-9)14-18(23)15-17(22)13-10(25-2)6-4-8-11(13)27-20(15)16(21)19(14)24/h4,6,8-9,12,23-24H,3,5,7H2,1-2H3. The van der Waals surface area contributed by atoms with E-state index in [0.29, 0.717) is 12.2 Å².